The van der Waals surface area contributed by atoms with Crippen molar-refractivity contribution in [2.24, 2.45) is 7.05 Å². The Morgan fingerprint density at radius 3 is 3.00 bits per heavy atom. The molecular formula is C8H7N3OS2. The second-order valence-electron chi connectivity index (χ2n) is 2.73. The third kappa shape index (κ3) is 1.71. The molecule has 0 radical (unpaired) electrons. The summed E-state index contributed by atoms with van der Waals surface area (Å²) in [7, 11) is 1.82. The summed E-state index contributed by atoms with van der Waals surface area (Å²) >= 11 is 6.14. The maximum Gasteiger partial charge on any atom is 0.263 e. The summed E-state index contributed by atoms with van der Waals surface area (Å²) < 4.78 is 2.20. The Morgan fingerprint density at radius 2 is 2.50 bits per heavy atom. The molecule has 0 spiro atoms. The molecule has 14 heavy (non-hydrogen) atoms. The molecule has 1 saturated heterocycles. The fourth-order valence-electron chi connectivity index (χ4n) is 1.08. The van der Waals surface area contributed by atoms with Crippen LogP contribution in [0.2, 0.25) is 0 Å². The molecule has 0 saturated carbocycles. The monoisotopic (exact) mass is 225 g/mol. The Balaban J connectivity index is 2.32. The number of aryl methyl sites for hydroxylation is 1. The topological polar surface area (TPSA) is 46.9 Å². The molecule has 2 heterocycles. The molecule has 1 aromatic heterocycles. The maximum atomic E-state index is 11.3. The second kappa shape index (κ2) is 3.55. The van der Waals surface area contributed by atoms with Crippen molar-refractivity contribution >= 4 is 40.3 Å². The quantitative estimate of drug-likeness (QED) is 0.570. The first-order valence-electron chi connectivity index (χ1n) is 3.89. The van der Waals surface area contributed by atoms with Gasteiger partial charge in [-0.05, 0) is 12.1 Å². The summed E-state index contributed by atoms with van der Waals surface area (Å²) in [6.45, 7) is 0. The molecule has 1 aliphatic heterocycles. The zero-order valence-corrected chi connectivity index (χ0v) is 8.98. The Labute approximate surface area is 90.4 Å². The minimum atomic E-state index is -0.138. The number of nitrogens with zero attached hydrogens (tertiary/aromatic N) is 2. The van der Waals surface area contributed by atoms with E-state index < -0.39 is 0 Å². The van der Waals surface area contributed by atoms with Gasteiger partial charge in [0, 0.05) is 13.2 Å². The molecule has 6 heteroatoms. The van der Waals surface area contributed by atoms with Crippen molar-refractivity contribution < 1.29 is 4.79 Å². The van der Waals surface area contributed by atoms with Gasteiger partial charge in [-0.1, -0.05) is 24.0 Å². The van der Waals surface area contributed by atoms with Crippen molar-refractivity contribution in [3.63, 3.8) is 0 Å². The maximum absolute atomic E-state index is 11.3. The van der Waals surface area contributed by atoms with Crippen LogP contribution in [0.3, 0.4) is 0 Å². The number of rotatable bonds is 1. The summed E-state index contributed by atoms with van der Waals surface area (Å²) in [5.41, 5.74) is 0.882. The Kier molecular flexibility index (Phi) is 2.39. The number of aromatic nitrogens is 2. The standard InChI is InChI=1S/C8H7N3OS2/c1-11-5(2-3-9-11)4-6-7(12)10-8(13)14-6/h2-4H,1H3,(H,10,12,13). The lowest BCUT2D eigenvalue weighted by atomic mass is 10.3. The highest BCUT2D eigenvalue weighted by Gasteiger charge is 2.22. The van der Waals surface area contributed by atoms with Gasteiger partial charge in [-0.25, -0.2) is 0 Å². The van der Waals surface area contributed by atoms with Crippen LogP contribution in [-0.4, -0.2) is 20.0 Å². The Morgan fingerprint density at radius 1 is 1.71 bits per heavy atom. The van der Waals surface area contributed by atoms with E-state index in [1.807, 2.05) is 13.1 Å². The van der Waals surface area contributed by atoms with Crippen molar-refractivity contribution in [3.05, 3.63) is 22.9 Å². The number of hydrogen-bond donors (Lipinski definition) is 1. The zero-order chi connectivity index (χ0) is 10.1. The first kappa shape index (κ1) is 9.42. The van der Waals surface area contributed by atoms with Gasteiger partial charge in [0.15, 0.2) is 0 Å². The number of hydrogen-bond acceptors (Lipinski definition) is 4. The van der Waals surface area contributed by atoms with E-state index in [-0.39, 0.29) is 5.91 Å². The van der Waals surface area contributed by atoms with Crippen LogP contribution in [0.5, 0.6) is 0 Å². The minimum absolute atomic E-state index is 0.138. The van der Waals surface area contributed by atoms with E-state index in [2.05, 4.69) is 10.4 Å². The SMILES string of the molecule is Cn1nccc1C=C1SC(=S)NC1=O. The highest BCUT2D eigenvalue weighted by molar-refractivity contribution is 8.26. The molecule has 0 atom stereocenters. The van der Waals surface area contributed by atoms with Crippen LogP contribution in [0.4, 0.5) is 0 Å². The summed E-state index contributed by atoms with van der Waals surface area (Å²) in [6.07, 6.45) is 3.45. The van der Waals surface area contributed by atoms with E-state index in [0.717, 1.165) is 5.69 Å². The first-order valence-corrected chi connectivity index (χ1v) is 5.12. The van der Waals surface area contributed by atoms with Crippen molar-refractivity contribution in [2.45, 2.75) is 0 Å². The predicted molar refractivity (Wildman–Crippen MR) is 59.5 cm³/mol. The van der Waals surface area contributed by atoms with Gasteiger partial charge in [0.25, 0.3) is 5.91 Å². The fourth-order valence-corrected chi connectivity index (χ4v) is 2.11. The van der Waals surface area contributed by atoms with E-state index >= 15 is 0 Å². The van der Waals surface area contributed by atoms with Crippen LogP contribution in [0.1, 0.15) is 5.69 Å². The van der Waals surface area contributed by atoms with Gasteiger partial charge in [0.05, 0.1) is 10.6 Å². The normalized spacial score (nSPS) is 19.1. The Hall–Kier alpha value is -1.14. The van der Waals surface area contributed by atoms with Crippen molar-refractivity contribution in [2.75, 3.05) is 0 Å². The molecule has 1 fully saturated rings. The van der Waals surface area contributed by atoms with E-state index in [1.165, 1.54) is 11.8 Å². The molecule has 0 unspecified atom stereocenters. The minimum Gasteiger partial charge on any atom is -0.307 e. The van der Waals surface area contributed by atoms with E-state index in [1.54, 1.807) is 17.0 Å². The van der Waals surface area contributed by atoms with Crippen LogP contribution in [0.15, 0.2) is 17.2 Å². The first-order chi connectivity index (χ1) is 6.66. The number of thiocarbonyl (C=S) groups is 1. The number of nitrogens with one attached hydrogen (secondary N) is 1. The van der Waals surface area contributed by atoms with Gasteiger partial charge < -0.3 is 5.32 Å². The van der Waals surface area contributed by atoms with Crippen molar-refractivity contribution in [3.8, 4) is 0 Å². The highest BCUT2D eigenvalue weighted by Crippen LogP contribution is 2.25. The largest absolute Gasteiger partial charge is 0.307 e. The predicted octanol–water partition coefficient (Wildman–Crippen LogP) is 0.909. The van der Waals surface area contributed by atoms with Crippen LogP contribution < -0.4 is 5.32 Å². The fraction of sp³-hybridized carbons (Fsp3) is 0.125. The third-order valence-electron chi connectivity index (χ3n) is 1.78. The summed E-state index contributed by atoms with van der Waals surface area (Å²) in [6, 6.07) is 1.84. The van der Waals surface area contributed by atoms with Gasteiger partial charge in [-0.2, -0.15) is 5.10 Å². The second-order valence-corrected chi connectivity index (χ2v) is 4.45. The average Bonchev–Trinajstić information content (AvgIpc) is 2.62. The number of amides is 1. The summed E-state index contributed by atoms with van der Waals surface area (Å²) in [5.74, 6) is -0.138. The smallest absolute Gasteiger partial charge is 0.263 e. The summed E-state index contributed by atoms with van der Waals surface area (Å²) in [4.78, 5) is 11.9. The zero-order valence-electron chi connectivity index (χ0n) is 7.35. The molecule has 1 aromatic rings. The van der Waals surface area contributed by atoms with Gasteiger partial charge >= 0.3 is 0 Å². The molecule has 1 amide bonds. The van der Waals surface area contributed by atoms with Gasteiger partial charge in [-0.3, -0.25) is 9.48 Å². The van der Waals surface area contributed by atoms with E-state index in [9.17, 15) is 4.79 Å². The van der Waals surface area contributed by atoms with Gasteiger partial charge in [0.1, 0.15) is 4.32 Å². The lowest BCUT2D eigenvalue weighted by Crippen LogP contribution is -2.17. The average molecular weight is 225 g/mol. The lowest BCUT2D eigenvalue weighted by Gasteiger charge is -1.94. The van der Waals surface area contributed by atoms with E-state index in [0.29, 0.717) is 9.23 Å². The Bertz CT molecular complexity index is 436. The molecule has 0 aromatic carbocycles. The van der Waals surface area contributed by atoms with Crippen LogP contribution >= 0.6 is 24.0 Å². The highest BCUT2D eigenvalue weighted by atomic mass is 32.2. The summed E-state index contributed by atoms with van der Waals surface area (Å²) in [5, 5.41) is 6.56. The molecule has 2 rings (SSSR count). The number of carbonyl (C=O) groups is 1. The van der Waals surface area contributed by atoms with Crippen LogP contribution in [0.25, 0.3) is 6.08 Å². The van der Waals surface area contributed by atoms with Gasteiger partial charge in [0.2, 0.25) is 0 Å². The number of carbonyl (C=O) groups excluding carboxylic acids is 1. The van der Waals surface area contributed by atoms with Crippen LogP contribution in [0, 0.1) is 0 Å². The van der Waals surface area contributed by atoms with Crippen molar-refractivity contribution in [1.82, 2.24) is 15.1 Å². The molecule has 72 valence electrons. The molecular weight excluding hydrogens is 218 g/mol. The van der Waals surface area contributed by atoms with Crippen LogP contribution in [-0.2, 0) is 11.8 Å². The molecule has 1 aliphatic rings. The molecule has 0 aliphatic carbocycles. The molecule has 4 nitrogen and oxygen atoms in total. The van der Waals surface area contributed by atoms with Gasteiger partial charge in [-0.15, -0.1) is 0 Å². The third-order valence-corrected chi connectivity index (χ3v) is 2.94. The van der Waals surface area contributed by atoms with Crippen molar-refractivity contribution in [1.29, 1.82) is 0 Å². The lowest BCUT2D eigenvalue weighted by molar-refractivity contribution is -0.115. The molecule has 1 N–H and O–H groups in total. The number of thioether (sulfide) groups is 1. The van der Waals surface area contributed by atoms with E-state index in [4.69, 9.17) is 12.2 Å². The molecule has 0 bridgehead atoms.